The molecular formula is C11H12N2OS. The van der Waals surface area contributed by atoms with Crippen molar-refractivity contribution in [1.82, 2.24) is 4.98 Å². The second kappa shape index (κ2) is 4.53. The van der Waals surface area contributed by atoms with Gasteiger partial charge < -0.3 is 10.8 Å². The first-order valence-electron chi connectivity index (χ1n) is 4.68. The lowest BCUT2D eigenvalue weighted by Crippen LogP contribution is -1.95. The molecule has 0 aliphatic carbocycles. The van der Waals surface area contributed by atoms with E-state index >= 15 is 0 Å². The van der Waals surface area contributed by atoms with Gasteiger partial charge >= 0.3 is 0 Å². The maximum Gasteiger partial charge on any atom is 0.119 e. The lowest BCUT2D eigenvalue weighted by Gasteiger charge is -1.98. The summed E-state index contributed by atoms with van der Waals surface area (Å²) < 4.78 is 0. The molecule has 2 rings (SSSR count). The molecule has 0 unspecified atom stereocenters. The molecule has 1 aromatic carbocycles. The molecule has 0 fully saturated rings. The van der Waals surface area contributed by atoms with Crippen LogP contribution >= 0.6 is 11.3 Å². The summed E-state index contributed by atoms with van der Waals surface area (Å²) in [4.78, 5) is 4.29. The molecule has 0 bridgehead atoms. The third-order valence-electron chi connectivity index (χ3n) is 2.17. The van der Waals surface area contributed by atoms with Gasteiger partial charge in [-0.15, -0.1) is 11.3 Å². The first-order valence-corrected chi connectivity index (χ1v) is 5.56. The second-order valence-electron chi connectivity index (χ2n) is 3.19. The highest BCUT2D eigenvalue weighted by Crippen LogP contribution is 2.22. The Balaban J connectivity index is 2.28. The summed E-state index contributed by atoms with van der Waals surface area (Å²) in [6.45, 7) is 0.560. The number of thiazole rings is 1. The Kier molecular flexibility index (Phi) is 3.11. The van der Waals surface area contributed by atoms with Crippen molar-refractivity contribution in [1.29, 1.82) is 0 Å². The molecule has 1 heterocycles. The summed E-state index contributed by atoms with van der Waals surface area (Å²) >= 11 is 1.47. The monoisotopic (exact) mass is 220 g/mol. The van der Waals surface area contributed by atoms with Gasteiger partial charge in [0.15, 0.2) is 0 Å². The second-order valence-corrected chi connectivity index (χ2v) is 4.13. The molecule has 4 heteroatoms. The van der Waals surface area contributed by atoms with Gasteiger partial charge in [-0.1, -0.05) is 24.3 Å². The van der Waals surface area contributed by atoms with Gasteiger partial charge in [-0.25, -0.2) is 4.98 Å². The minimum absolute atomic E-state index is 0.00551. The molecule has 0 atom stereocenters. The fraction of sp³-hybridized carbons (Fsp3) is 0.182. The van der Waals surface area contributed by atoms with E-state index in [9.17, 15) is 0 Å². The molecule has 0 aliphatic heterocycles. The fourth-order valence-corrected chi connectivity index (χ4v) is 1.99. The van der Waals surface area contributed by atoms with Crippen LogP contribution in [0.5, 0.6) is 0 Å². The first kappa shape index (κ1) is 10.3. The van der Waals surface area contributed by atoms with Crippen molar-refractivity contribution in [3.63, 3.8) is 0 Å². The van der Waals surface area contributed by atoms with Gasteiger partial charge in [0, 0.05) is 17.5 Å². The Hall–Kier alpha value is -1.23. The van der Waals surface area contributed by atoms with Crippen LogP contribution < -0.4 is 5.73 Å². The summed E-state index contributed by atoms with van der Waals surface area (Å²) in [5.41, 5.74) is 8.59. The zero-order valence-electron chi connectivity index (χ0n) is 8.18. The Morgan fingerprint density at radius 1 is 1.27 bits per heavy atom. The van der Waals surface area contributed by atoms with Crippen LogP contribution in [0.1, 0.15) is 10.6 Å². The zero-order chi connectivity index (χ0) is 10.7. The molecule has 0 saturated carbocycles. The Morgan fingerprint density at radius 3 is 2.53 bits per heavy atom. The topological polar surface area (TPSA) is 59.1 Å². The van der Waals surface area contributed by atoms with Crippen LogP contribution in [-0.2, 0) is 13.2 Å². The molecule has 3 nitrogen and oxygen atoms in total. The molecule has 0 radical (unpaired) electrons. The van der Waals surface area contributed by atoms with Crippen molar-refractivity contribution in [2.24, 2.45) is 5.73 Å². The normalized spacial score (nSPS) is 10.5. The number of rotatable bonds is 3. The van der Waals surface area contributed by atoms with E-state index in [0.29, 0.717) is 6.54 Å². The quantitative estimate of drug-likeness (QED) is 0.828. The number of aliphatic hydroxyl groups excluding tert-OH is 1. The van der Waals surface area contributed by atoms with E-state index < -0.39 is 0 Å². The summed E-state index contributed by atoms with van der Waals surface area (Å²) in [5, 5.41) is 11.6. The first-order chi connectivity index (χ1) is 7.33. The molecule has 0 aliphatic rings. The largest absolute Gasteiger partial charge is 0.389 e. The highest BCUT2D eigenvalue weighted by Gasteiger charge is 2.03. The molecule has 0 spiro atoms. The van der Waals surface area contributed by atoms with Gasteiger partial charge in [0.2, 0.25) is 0 Å². The lowest BCUT2D eigenvalue weighted by atomic mass is 10.1. The number of hydrogen-bond acceptors (Lipinski definition) is 4. The van der Waals surface area contributed by atoms with Crippen molar-refractivity contribution < 1.29 is 5.11 Å². The van der Waals surface area contributed by atoms with Crippen LogP contribution in [0.3, 0.4) is 0 Å². The number of aliphatic hydroxyl groups is 1. The van der Waals surface area contributed by atoms with Crippen molar-refractivity contribution >= 4 is 11.3 Å². The van der Waals surface area contributed by atoms with Gasteiger partial charge in [-0.2, -0.15) is 0 Å². The van der Waals surface area contributed by atoms with E-state index in [1.54, 1.807) is 0 Å². The number of nitrogens with two attached hydrogens (primary N) is 1. The van der Waals surface area contributed by atoms with E-state index in [0.717, 1.165) is 21.8 Å². The highest BCUT2D eigenvalue weighted by molar-refractivity contribution is 7.09. The molecule has 0 amide bonds. The van der Waals surface area contributed by atoms with E-state index in [1.807, 2.05) is 29.6 Å². The van der Waals surface area contributed by atoms with E-state index in [2.05, 4.69) is 4.98 Å². The van der Waals surface area contributed by atoms with Gasteiger partial charge in [0.05, 0.1) is 12.3 Å². The molecule has 15 heavy (non-hydrogen) atoms. The number of aromatic nitrogens is 1. The van der Waals surface area contributed by atoms with Gasteiger partial charge in [0.1, 0.15) is 5.01 Å². The maximum absolute atomic E-state index is 8.91. The third-order valence-corrected chi connectivity index (χ3v) is 3.01. The summed E-state index contributed by atoms with van der Waals surface area (Å²) in [6, 6.07) is 7.98. The Morgan fingerprint density at radius 2 is 2.00 bits per heavy atom. The molecule has 0 saturated heterocycles. The minimum atomic E-state index is 0.00551. The average molecular weight is 220 g/mol. The van der Waals surface area contributed by atoms with Crippen LogP contribution in [0.4, 0.5) is 0 Å². The molecule has 78 valence electrons. The van der Waals surface area contributed by atoms with Crippen LogP contribution in [0.15, 0.2) is 29.6 Å². The van der Waals surface area contributed by atoms with E-state index in [-0.39, 0.29) is 6.61 Å². The van der Waals surface area contributed by atoms with Gasteiger partial charge in [-0.05, 0) is 5.56 Å². The van der Waals surface area contributed by atoms with Crippen LogP contribution in [0, 0.1) is 0 Å². The fourth-order valence-electron chi connectivity index (χ4n) is 1.33. The SMILES string of the molecule is NCc1ccc(-c2csc(CO)n2)cc1. The Labute approximate surface area is 92.2 Å². The predicted octanol–water partition coefficient (Wildman–Crippen LogP) is 1.76. The van der Waals surface area contributed by atoms with Gasteiger partial charge in [0.25, 0.3) is 0 Å². The smallest absolute Gasteiger partial charge is 0.119 e. The van der Waals surface area contributed by atoms with Crippen molar-refractivity contribution in [2.75, 3.05) is 0 Å². The number of benzene rings is 1. The van der Waals surface area contributed by atoms with Crippen molar-refractivity contribution in [2.45, 2.75) is 13.2 Å². The summed E-state index contributed by atoms with van der Waals surface area (Å²) in [7, 11) is 0. The summed E-state index contributed by atoms with van der Waals surface area (Å²) in [5.74, 6) is 0. The highest BCUT2D eigenvalue weighted by atomic mass is 32.1. The van der Waals surface area contributed by atoms with Crippen LogP contribution in [-0.4, -0.2) is 10.1 Å². The molecule has 3 N–H and O–H groups in total. The van der Waals surface area contributed by atoms with E-state index in [1.165, 1.54) is 11.3 Å². The number of hydrogen-bond donors (Lipinski definition) is 2. The van der Waals surface area contributed by atoms with Gasteiger partial charge in [-0.3, -0.25) is 0 Å². The average Bonchev–Trinajstić information content (AvgIpc) is 2.78. The van der Waals surface area contributed by atoms with Crippen molar-refractivity contribution in [3.8, 4) is 11.3 Å². The zero-order valence-corrected chi connectivity index (χ0v) is 9.00. The molecule has 1 aromatic heterocycles. The van der Waals surface area contributed by atoms with Crippen molar-refractivity contribution in [3.05, 3.63) is 40.2 Å². The maximum atomic E-state index is 8.91. The summed E-state index contributed by atoms with van der Waals surface area (Å²) in [6.07, 6.45) is 0. The number of nitrogens with zero attached hydrogens (tertiary/aromatic N) is 1. The molecule has 2 aromatic rings. The Bertz CT molecular complexity index is 436. The third kappa shape index (κ3) is 2.23. The lowest BCUT2D eigenvalue weighted by molar-refractivity contribution is 0.281. The predicted molar refractivity (Wildman–Crippen MR) is 61.4 cm³/mol. The minimum Gasteiger partial charge on any atom is -0.389 e. The van der Waals surface area contributed by atoms with Crippen LogP contribution in [0.25, 0.3) is 11.3 Å². The molecular weight excluding hydrogens is 208 g/mol. The van der Waals surface area contributed by atoms with Crippen LogP contribution in [0.2, 0.25) is 0 Å². The van der Waals surface area contributed by atoms with E-state index in [4.69, 9.17) is 10.8 Å². The standard InChI is InChI=1S/C11H12N2OS/c12-5-8-1-3-9(4-2-8)10-7-15-11(6-14)13-10/h1-4,7,14H,5-6,12H2.